The van der Waals surface area contributed by atoms with Crippen LogP contribution >= 0.6 is 24.0 Å². The lowest BCUT2D eigenvalue weighted by Gasteiger charge is -2.24. The summed E-state index contributed by atoms with van der Waals surface area (Å²) in [5.74, 6) is 4.13. The zero-order chi connectivity index (χ0) is 11.8. The average Bonchev–Trinajstić information content (AvgIpc) is 2.77. The molecule has 0 aromatic rings. The third kappa shape index (κ3) is 6.13. The monoisotopic (exact) mass is 351 g/mol. The molecule has 1 aliphatic rings. The molecule has 0 spiro atoms. The van der Waals surface area contributed by atoms with Crippen LogP contribution in [-0.2, 0) is 4.74 Å². The first-order valence-corrected chi connectivity index (χ1v) is 5.71. The summed E-state index contributed by atoms with van der Waals surface area (Å²) in [4.78, 5) is 6.36. The van der Waals surface area contributed by atoms with Crippen LogP contribution in [0, 0.1) is 18.3 Å². The van der Waals surface area contributed by atoms with Crippen molar-refractivity contribution in [2.45, 2.75) is 12.8 Å². The molecule has 1 N–H and O–H groups in total. The maximum atomic E-state index is 5.36. The molecule has 0 aliphatic carbocycles. The van der Waals surface area contributed by atoms with E-state index < -0.39 is 0 Å². The molecule has 1 saturated heterocycles. The minimum atomic E-state index is 0. The smallest absolute Gasteiger partial charge is 0.193 e. The van der Waals surface area contributed by atoms with Crippen LogP contribution in [0.1, 0.15) is 12.8 Å². The molecule has 0 radical (unpaired) electrons. The van der Waals surface area contributed by atoms with E-state index in [1.807, 2.05) is 7.05 Å². The lowest BCUT2D eigenvalue weighted by Crippen LogP contribution is -2.41. The van der Waals surface area contributed by atoms with Crippen LogP contribution in [0.2, 0.25) is 0 Å². The van der Waals surface area contributed by atoms with E-state index in [-0.39, 0.29) is 24.0 Å². The van der Waals surface area contributed by atoms with Crippen LogP contribution in [-0.4, -0.2) is 51.3 Å². The van der Waals surface area contributed by atoms with Crippen molar-refractivity contribution in [1.82, 2.24) is 10.2 Å². The van der Waals surface area contributed by atoms with Gasteiger partial charge in [0.1, 0.15) is 0 Å². The van der Waals surface area contributed by atoms with Gasteiger partial charge in [-0.3, -0.25) is 4.99 Å². The van der Waals surface area contributed by atoms with E-state index >= 15 is 0 Å². The van der Waals surface area contributed by atoms with Crippen molar-refractivity contribution in [1.29, 1.82) is 0 Å². The van der Waals surface area contributed by atoms with E-state index in [1.54, 1.807) is 7.05 Å². The average molecular weight is 351 g/mol. The number of rotatable bonds is 4. The number of ether oxygens (including phenoxy) is 1. The van der Waals surface area contributed by atoms with Gasteiger partial charge in [-0.05, 0) is 6.42 Å². The minimum Gasteiger partial charge on any atom is -0.381 e. The summed E-state index contributed by atoms with van der Waals surface area (Å²) in [6.07, 6.45) is 7.07. The van der Waals surface area contributed by atoms with Gasteiger partial charge in [-0.2, -0.15) is 0 Å². The summed E-state index contributed by atoms with van der Waals surface area (Å²) in [6.45, 7) is 3.51. The number of nitrogens with one attached hydrogen (secondary N) is 1. The molecular weight excluding hydrogens is 329 g/mol. The predicted molar refractivity (Wildman–Crippen MR) is 81.8 cm³/mol. The van der Waals surface area contributed by atoms with Gasteiger partial charge in [0.15, 0.2) is 5.96 Å². The Morgan fingerprint density at radius 1 is 1.65 bits per heavy atom. The first-order chi connectivity index (χ1) is 7.77. The summed E-state index contributed by atoms with van der Waals surface area (Å²) in [7, 11) is 3.84. The fourth-order valence-corrected chi connectivity index (χ4v) is 1.83. The van der Waals surface area contributed by atoms with E-state index in [1.165, 1.54) is 0 Å². The van der Waals surface area contributed by atoms with Crippen LogP contribution in [0.3, 0.4) is 0 Å². The first kappa shape index (κ1) is 16.5. The standard InChI is InChI=1S/C12H21N3O.HI/c1-4-5-7-14-12(13-2)15(3)9-11-6-8-16-10-11;/h1,11H,5-10H2,2-3H3,(H,13,14);1H. The van der Waals surface area contributed by atoms with Crippen molar-refractivity contribution in [3.05, 3.63) is 0 Å². The number of halogens is 1. The van der Waals surface area contributed by atoms with E-state index in [0.717, 1.165) is 45.1 Å². The number of terminal acetylenes is 1. The van der Waals surface area contributed by atoms with Gasteiger partial charge in [0.2, 0.25) is 0 Å². The molecule has 1 unspecified atom stereocenters. The predicted octanol–water partition coefficient (Wildman–Crippen LogP) is 1.17. The molecule has 0 aromatic heterocycles. The first-order valence-electron chi connectivity index (χ1n) is 5.71. The Labute approximate surface area is 121 Å². The zero-order valence-corrected chi connectivity index (χ0v) is 12.9. The largest absolute Gasteiger partial charge is 0.381 e. The quantitative estimate of drug-likeness (QED) is 0.272. The van der Waals surface area contributed by atoms with Gasteiger partial charge >= 0.3 is 0 Å². The van der Waals surface area contributed by atoms with Crippen molar-refractivity contribution in [2.75, 3.05) is 40.4 Å². The SMILES string of the molecule is C#CCCNC(=NC)N(C)CC1CCOC1.I. The molecule has 5 heteroatoms. The topological polar surface area (TPSA) is 36.9 Å². The molecule has 1 rings (SSSR count). The van der Waals surface area contributed by atoms with Crippen molar-refractivity contribution in [3.8, 4) is 12.3 Å². The maximum absolute atomic E-state index is 5.36. The summed E-state index contributed by atoms with van der Waals surface area (Å²) >= 11 is 0. The second-order valence-electron chi connectivity index (χ2n) is 4.04. The lowest BCUT2D eigenvalue weighted by molar-refractivity contribution is 0.181. The van der Waals surface area contributed by atoms with Crippen molar-refractivity contribution >= 4 is 29.9 Å². The van der Waals surface area contributed by atoms with Gasteiger partial charge in [-0.1, -0.05) is 0 Å². The molecule has 4 nitrogen and oxygen atoms in total. The van der Waals surface area contributed by atoms with Gasteiger partial charge in [-0.25, -0.2) is 0 Å². The molecule has 98 valence electrons. The molecular formula is C12H22IN3O. The van der Waals surface area contributed by atoms with E-state index in [4.69, 9.17) is 11.2 Å². The fourth-order valence-electron chi connectivity index (χ4n) is 1.83. The molecule has 0 amide bonds. The summed E-state index contributed by atoms with van der Waals surface area (Å²) < 4.78 is 5.36. The van der Waals surface area contributed by atoms with Gasteiger partial charge in [0, 0.05) is 46.1 Å². The van der Waals surface area contributed by atoms with Crippen LogP contribution in [0.15, 0.2) is 4.99 Å². The van der Waals surface area contributed by atoms with Crippen molar-refractivity contribution < 1.29 is 4.74 Å². The number of hydrogen-bond acceptors (Lipinski definition) is 2. The number of nitrogens with zero attached hydrogens (tertiary/aromatic N) is 2. The Kier molecular flexibility index (Phi) is 9.27. The number of guanidine groups is 1. The molecule has 1 aliphatic heterocycles. The highest BCUT2D eigenvalue weighted by molar-refractivity contribution is 14.0. The number of hydrogen-bond donors (Lipinski definition) is 1. The highest BCUT2D eigenvalue weighted by Gasteiger charge is 2.18. The Morgan fingerprint density at radius 2 is 2.41 bits per heavy atom. The molecule has 0 bridgehead atoms. The van der Waals surface area contributed by atoms with Crippen LogP contribution in [0.25, 0.3) is 0 Å². The highest BCUT2D eigenvalue weighted by atomic mass is 127. The third-order valence-electron chi connectivity index (χ3n) is 2.68. The normalized spacial score (nSPS) is 19.4. The van der Waals surface area contributed by atoms with Gasteiger partial charge in [0.25, 0.3) is 0 Å². The Bertz CT molecular complexity index is 269. The zero-order valence-electron chi connectivity index (χ0n) is 10.6. The second-order valence-corrected chi connectivity index (χ2v) is 4.04. The van der Waals surface area contributed by atoms with E-state index in [9.17, 15) is 0 Å². The van der Waals surface area contributed by atoms with Crippen molar-refractivity contribution in [2.24, 2.45) is 10.9 Å². The third-order valence-corrected chi connectivity index (χ3v) is 2.68. The van der Waals surface area contributed by atoms with E-state index in [0.29, 0.717) is 5.92 Å². The van der Waals surface area contributed by atoms with Crippen LogP contribution < -0.4 is 5.32 Å². The Morgan fingerprint density at radius 3 is 2.94 bits per heavy atom. The number of aliphatic imine (C=N–C) groups is 1. The second kappa shape index (κ2) is 9.54. The minimum absolute atomic E-state index is 0. The summed E-state index contributed by atoms with van der Waals surface area (Å²) in [6, 6.07) is 0. The van der Waals surface area contributed by atoms with Gasteiger partial charge in [-0.15, -0.1) is 36.3 Å². The van der Waals surface area contributed by atoms with E-state index in [2.05, 4.69) is 21.1 Å². The molecule has 1 heterocycles. The highest BCUT2D eigenvalue weighted by Crippen LogP contribution is 2.13. The van der Waals surface area contributed by atoms with Gasteiger partial charge < -0.3 is 15.0 Å². The lowest BCUT2D eigenvalue weighted by atomic mass is 10.1. The fraction of sp³-hybridized carbons (Fsp3) is 0.750. The Balaban J connectivity index is 0.00000256. The van der Waals surface area contributed by atoms with Crippen LogP contribution in [0.5, 0.6) is 0 Å². The van der Waals surface area contributed by atoms with Gasteiger partial charge in [0.05, 0.1) is 6.61 Å². The molecule has 0 saturated carbocycles. The molecule has 1 fully saturated rings. The summed E-state index contributed by atoms with van der Waals surface area (Å²) in [5, 5.41) is 3.24. The van der Waals surface area contributed by atoms with Crippen LogP contribution in [0.4, 0.5) is 0 Å². The Hall–Kier alpha value is -0.480. The van der Waals surface area contributed by atoms with Crippen molar-refractivity contribution in [3.63, 3.8) is 0 Å². The molecule has 17 heavy (non-hydrogen) atoms. The maximum Gasteiger partial charge on any atom is 0.193 e. The molecule has 1 atom stereocenters. The molecule has 0 aromatic carbocycles. The summed E-state index contributed by atoms with van der Waals surface area (Å²) in [5.41, 5.74) is 0.